The molecule has 2 nitrogen and oxygen atoms in total. The third-order valence-electron chi connectivity index (χ3n) is 1.96. The van der Waals surface area contributed by atoms with Crippen LogP contribution in [0.25, 0.3) is 0 Å². The zero-order chi connectivity index (χ0) is 8.10. The van der Waals surface area contributed by atoms with Gasteiger partial charge in [0.1, 0.15) is 0 Å². The maximum Gasteiger partial charge on any atom is 0.306 e. The molecule has 1 unspecified atom stereocenters. The van der Waals surface area contributed by atoms with Crippen LogP contribution in [0.3, 0.4) is 0 Å². The second kappa shape index (κ2) is 4.16. The van der Waals surface area contributed by atoms with E-state index in [0.29, 0.717) is 18.9 Å². The highest BCUT2D eigenvalue weighted by molar-refractivity contribution is 5.71. The zero-order valence-electron chi connectivity index (χ0n) is 6.71. The summed E-state index contributed by atoms with van der Waals surface area (Å²) >= 11 is 0. The number of carbonyl (C=O) groups is 1. The average molecular weight is 154 g/mol. The van der Waals surface area contributed by atoms with Crippen molar-refractivity contribution in [1.29, 1.82) is 0 Å². The van der Waals surface area contributed by atoms with Gasteiger partial charge in [0.25, 0.3) is 0 Å². The van der Waals surface area contributed by atoms with Crippen LogP contribution < -0.4 is 0 Å². The summed E-state index contributed by atoms with van der Waals surface area (Å²) < 4.78 is 4.83. The Bertz CT molecular complexity index is 152. The number of carbonyl (C=O) groups excluding carboxylic acids is 1. The molecule has 1 aliphatic rings. The van der Waals surface area contributed by atoms with Gasteiger partial charge in [-0.05, 0) is 19.3 Å². The lowest BCUT2D eigenvalue weighted by atomic mass is 10.0. The van der Waals surface area contributed by atoms with E-state index in [9.17, 15) is 4.79 Å². The Morgan fingerprint density at radius 2 is 2.55 bits per heavy atom. The van der Waals surface area contributed by atoms with Gasteiger partial charge in [-0.3, -0.25) is 4.79 Å². The van der Waals surface area contributed by atoms with Crippen LogP contribution in [0.5, 0.6) is 0 Å². The van der Waals surface area contributed by atoms with Crippen molar-refractivity contribution in [3.8, 4) is 0 Å². The van der Waals surface area contributed by atoms with Crippen LogP contribution in [0.4, 0.5) is 0 Å². The Labute approximate surface area is 67.2 Å². The van der Waals surface area contributed by atoms with Gasteiger partial charge in [0.15, 0.2) is 0 Å². The van der Waals surface area contributed by atoms with E-state index >= 15 is 0 Å². The molecule has 0 radical (unpaired) electrons. The van der Waals surface area contributed by atoms with Crippen LogP contribution in [0, 0.1) is 5.92 Å². The molecule has 1 aliphatic heterocycles. The van der Waals surface area contributed by atoms with Crippen molar-refractivity contribution >= 4 is 5.97 Å². The first-order valence-corrected chi connectivity index (χ1v) is 4.09. The molecule has 1 fully saturated rings. The molecule has 0 spiro atoms. The van der Waals surface area contributed by atoms with Gasteiger partial charge in [-0.15, -0.1) is 6.58 Å². The largest absolute Gasteiger partial charge is 0.465 e. The molecule has 0 aromatic rings. The van der Waals surface area contributed by atoms with Gasteiger partial charge in [-0.1, -0.05) is 6.08 Å². The third-order valence-corrected chi connectivity index (χ3v) is 1.96. The van der Waals surface area contributed by atoms with E-state index in [4.69, 9.17) is 4.74 Å². The number of hydrogen-bond donors (Lipinski definition) is 0. The normalized spacial score (nSPS) is 23.3. The van der Waals surface area contributed by atoms with E-state index in [0.717, 1.165) is 19.3 Å². The van der Waals surface area contributed by atoms with Crippen LogP contribution in [-0.4, -0.2) is 12.6 Å². The van der Waals surface area contributed by atoms with Crippen LogP contribution in [-0.2, 0) is 9.53 Å². The summed E-state index contributed by atoms with van der Waals surface area (Å²) in [6, 6.07) is 0. The van der Waals surface area contributed by atoms with Crippen molar-refractivity contribution in [3.05, 3.63) is 12.7 Å². The van der Waals surface area contributed by atoms with Crippen LogP contribution in [0.2, 0.25) is 0 Å². The van der Waals surface area contributed by atoms with Crippen molar-refractivity contribution in [2.45, 2.75) is 25.7 Å². The molecule has 0 aromatic heterocycles. The van der Waals surface area contributed by atoms with Crippen molar-refractivity contribution in [3.63, 3.8) is 0 Å². The molecular formula is C9H14O2. The van der Waals surface area contributed by atoms with E-state index < -0.39 is 0 Å². The first-order valence-electron chi connectivity index (χ1n) is 4.09. The first kappa shape index (κ1) is 8.31. The standard InChI is InChI=1S/C9H14O2/c1-2-3-4-5-8-6-9(10)11-7-8/h2,8H,1,3-7H2. The smallest absolute Gasteiger partial charge is 0.306 e. The quantitative estimate of drug-likeness (QED) is 0.351. The van der Waals surface area contributed by atoms with Gasteiger partial charge < -0.3 is 4.74 Å². The monoisotopic (exact) mass is 154 g/mol. The molecule has 0 aliphatic carbocycles. The van der Waals surface area contributed by atoms with Gasteiger partial charge in [-0.2, -0.15) is 0 Å². The molecule has 62 valence electrons. The summed E-state index contributed by atoms with van der Waals surface area (Å²) in [6.07, 6.45) is 5.81. The highest BCUT2D eigenvalue weighted by Crippen LogP contribution is 2.19. The Hall–Kier alpha value is -0.790. The van der Waals surface area contributed by atoms with Gasteiger partial charge >= 0.3 is 5.97 Å². The molecule has 0 bridgehead atoms. The van der Waals surface area contributed by atoms with Crippen LogP contribution >= 0.6 is 0 Å². The highest BCUT2D eigenvalue weighted by Gasteiger charge is 2.22. The van der Waals surface area contributed by atoms with Crippen molar-refractivity contribution < 1.29 is 9.53 Å². The van der Waals surface area contributed by atoms with E-state index in [1.165, 1.54) is 0 Å². The lowest BCUT2D eigenvalue weighted by Gasteiger charge is -2.02. The number of hydrogen-bond acceptors (Lipinski definition) is 2. The zero-order valence-corrected chi connectivity index (χ0v) is 6.71. The molecule has 1 heterocycles. The summed E-state index contributed by atoms with van der Waals surface area (Å²) in [6.45, 7) is 4.28. The number of unbranched alkanes of at least 4 members (excludes halogenated alkanes) is 1. The number of cyclic esters (lactones) is 1. The molecule has 0 aromatic carbocycles. The maximum atomic E-state index is 10.6. The molecule has 1 saturated heterocycles. The Morgan fingerprint density at radius 3 is 3.09 bits per heavy atom. The Balaban J connectivity index is 2.08. The molecular weight excluding hydrogens is 140 g/mol. The fourth-order valence-corrected chi connectivity index (χ4v) is 1.30. The number of allylic oxidation sites excluding steroid dienone is 1. The maximum absolute atomic E-state index is 10.6. The minimum Gasteiger partial charge on any atom is -0.465 e. The Morgan fingerprint density at radius 1 is 1.73 bits per heavy atom. The van der Waals surface area contributed by atoms with E-state index in [-0.39, 0.29) is 5.97 Å². The predicted octanol–water partition coefficient (Wildman–Crippen LogP) is 1.91. The summed E-state index contributed by atoms with van der Waals surface area (Å²) in [5, 5.41) is 0. The number of rotatable bonds is 4. The highest BCUT2D eigenvalue weighted by atomic mass is 16.5. The number of esters is 1. The third kappa shape index (κ3) is 2.74. The lowest BCUT2D eigenvalue weighted by molar-refractivity contribution is -0.137. The molecule has 1 rings (SSSR count). The second-order valence-corrected chi connectivity index (χ2v) is 2.97. The molecule has 0 saturated carbocycles. The van der Waals surface area contributed by atoms with Crippen molar-refractivity contribution in [2.75, 3.05) is 6.61 Å². The van der Waals surface area contributed by atoms with Crippen LogP contribution in [0.15, 0.2) is 12.7 Å². The topological polar surface area (TPSA) is 26.3 Å². The lowest BCUT2D eigenvalue weighted by Crippen LogP contribution is -1.97. The van der Waals surface area contributed by atoms with E-state index in [1.54, 1.807) is 0 Å². The van der Waals surface area contributed by atoms with Crippen molar-refractivity contribution in [2.24, 2.45) is 5.92 Å². The fraction of sp³-hybridized carbons (Fsp3) is 0.667. The summed E-state index contributed by atoms with van der Waals surface area (Å²) in [5.41, 5.74) is 0. The molecule has 11 heavy (non-hydrogen) atoms. The van der Waals surface area contributed by atoms with Gasteiger partial charge in [0, 0.05) is 5.92 Å². The average Bonchev–Trinajstić information content (AvgIpc) is 2.37. The van der Waals surface area contributed by atoms with Gasteiger partial charge in [0.05, 0.1) is 13.0 Å². The van der Waals surface area contributed by atoms with E-state index in [2.05, 4.69) is 6.58 Å². The molecule has 0 amide bonds. The van der Waals surface area contributed by atoms with Gasteiger partial charge in [-0.25, -0.2) is 0 Å². The second-order valence-electron chi connectivity index (χ2n) is 2.97. The Kier molecular flexibility index (Phi) is 3.14. The minimum atomic E-state index is -0.0337. The fourth-order valence-electron chi connectivity index (χ4n) is 1.30. The number of ether oxygens (including phenoxy) is 1. The molecule has 0 N–H and O–H groups in total. The first-order chi connectivity index (χ1) is 5.33. The summed E-state index contributed by atoms with van der Waals surface area (Å²) in [4.78, 5) is 10.6. The summed E-state index contributed by atoms with van der Waals surface area (Å²) in [7, 11) is 0. The predicted molar refractivity (Wildman–Crippen MR) is 43.1 cm³/mol. The van der Waals surface area contributed by atoms with Crippen molar-refractivity contribution in [1.82, 2.24) is 0 Å². The van der Waals surface area contributed by atoms with E-state index in [1.807, 2.05) is 6.08 Å². The minimum absolute atomic E-state index is 0.0337. The van der Waals surface area contributed by atoms with Crippen LogP contribution in [0.1, 0.15) is 25.7 Å². The summed E-state index contributed by atoms with van der Waals surface area (Å²) in [5.74, 6) is 0.441. The molecule has 2 heteroatoms. The van der Waals surface area contributed by atoms with Gasteiger partial charge in [0.2, 0.25) is 0 Å². The SMILES string of the molecule is C=CCCCC1COC(=O)C1. The molecule has 1 atom stereocenters.